The summed E-state index contributed by atoms with van der Waals surface area (Å²) in [5.41, 5.74) is 2.13. The van der Waals surface area contributed by atoms with Crippen LogP contribution in [-0.4, -0.2) is 22.8 Å². The van der Waals surface area contributed by atoms with Crippen molar-refractivity contribution >= 4 is 5.71 Å². The van der Waals surface area contributed by atoms with Gasteiger partial charge in [0.1, 0.15) is 0 Å². The van der Waals surface area contributed by atoms with Crippen molar-refractivity contribution in [2.75, 3.05) is 0 Å². The number of piperidine rings is 1. The molecule has 0 aromatic rings. The molecule has 1 rings (SSSR count). The fourth-order valence-corrected chi connectivity index (χ4v) is 1.86. The molecule has 2 heteroatoms. The molecule has 14 heavy (non-hydrogen) atoms. The van der Waals surface area contributed by atoms with Crippen molar-refractivity contribution in [1.82, 2.24) is 5.01 Å². The third kappa shape index (κ3) is 2.60. The topological polar surface area (TPSA) is 15.6 Å². The minimum absolute atomic E-state index is 0.577. The van der Waals surface area contributed by atoms with Gasteiger partial charge in [-0.3, -0.25) is 5.01 Å². The Balaban J connectivity index is 2.73. The van der Waals surface area contributed by atoms with E-state index in [0.29, 0.717) is 12.1 Å². The highest BCUT2D eigenvalue weighted by Gasteiger charge is 2.23. The summed E-state index contributed by atoms with van der Waals surface area (Å²) in [5, 5.41) is 6.89. The molecule has 0 spiro atoms. The molecule has 1 aliphatic rings. The Morgan fingerprint density at radius 3 is 2.14 bits per heavy atom. The number of hydrazone groups is 1. The predicted octanol–water partition coefficient (Wildman–Crippen LogP) is 3.20. The van der Waals surface area contributed by atoms with Crippen LogP contribution >= 0.6 is 0 Å². The largest absolute Gasteiger partial charge is 0.291 e. The van der Waals surface area contributed by atoms with Crippen molar-refractivity contribution in [2.45, 2.75) is 59.0 Å². The summed E-state index contributed by atoms with van der Waals surface area (Å²) >= 11 is 0. The zero-order chi connectivity index (χ0) is 10.7. The molecular formula is C12H22N2. The van der Waals surface area contributed by atoms with Gasteiger partial charge in [-0.2, -0.15) is 5.10 Å². The number of rotatable bonds is 2. The van der Waals surface area contributed by atoms with E-state index in [1.165, 1.54) is 19.3 Å². The molecule has 0 aromatic heterocycles. The Labute approximate surface area is 87.7 Å². The fraction of sp³-hybridized carbons (Fsp3) is 0.750. The lowest BCUT2D eigenvalue weighted by Gasteiger charge is -2.37. The third-order valence-corrected chi connectivity index (χ3v) is 3.03. The molecule has 0 aromatic carbocycles. The second kappa shape index (κ2) is 4.63. The molecular weight excluding hydrogens is 172 g/mol. The molecule has 1 heterocycles. The maximum Gasteiger partial charge on any atom is 0.0597 e. The standard InChI is InChI=1S/C12H22N2/c1-9(2)12(5)13-14-10(3)7-6-8-11(14)4/h10-11H,1,6-8H2,2-5H3/b13-12+. The monoisotopic (exact) mass is 194 g/mol. The van der Waals surface area contributed by atoms with Crippen molar-refractivity contribution in [3.05, 3.63) is 12.2 Å². The van der Waals surface area contributed by atoms with Gasteiger partial charge in [0.05, 0.1) is 5.71 Å². The van der Waals surface area contributed by atoms with Crippen molar-refractivity contribution < 1.29 is 0 Å². The zero-order valence-electron chi connectivity index (χ0n) is 9.88. The normalized spacial score (nSPS) is 29.1. The average Bonchev–Trinajstić information content (AvgIpc) is 2.11. The summed E-state index contributed by atoms with van der Waals surface area (Å²) < 4.78 is 0. The minimum Gasteiger partial charge on any atom is -0.291 e. The van der Waals surface area contributed by atoms with Crippen LogP contribution in [0.5, 0.6) is 0 Å². The van der Waals surface area contributed by atoms with Crippen LogP contribution in [0.4, 0.5) is 0 Å². The molecule has 80 valence electrons. The van der Waals surface area contributed by atoms with Gasteiger partial charge in [-0.25, -0.2) is 0 Å². The first-order valence-electron chi connectivity index (χ1n) is 5.51. The predicted molar refractivity (Wildman–Crippen MR) is 62.5 cm³/mol. The summed E-state index contributed by atoms with van der Waals surface area (Å²) in [5.74, 6) is 0. The van der Waals surface area contributed by atoms with Gasteiger partial charge in [-0.05, 0) is 52.5 Å². The van der Waals surface area contributed by atoms with Crippen LogP contribution in [0.3, 0.4) is 0 Å². The smallest absolute Gasteiger partial charge is 0.0597 e. The number of hydrogen-bond acceptors (Lipinski definition) is 2. The summed E-state index contributed by atoms with van der Waals surface area (Å²) in [6.45, 7) is 12.5. The lowest BCUT2D eigenvalue weighted by molar-refractivity contribution is 0.108. The highest BCUT2D eigenvalue weighted by atomic mass is 15.5. The Morgan fingerprint density at radius 2 is 1.71 bits per heavy atom. The van der Waals surface area contributed by atoms with Crippen LogP contribution in [0, 0.1) is 0 Å². The quantitative estimate of drug-likeness (QED) is 0.616. The van der Waals surface area contributed by atoms with Gasteiger partial charge in [0.25, 0.3) is 0 Å². The number of nitrogens with zero attached hydrogens (tertiary/aromatic N) is 2. The SMILES string of the molecule is C=C(C)/C(C)=N/N1C(C)CCCC1C. The van der Waals surface area contributed by atoms with Gasteiger partial charge in [0, 0.05) is 12.1 Å². The zero-order valence-corrected chi connectivity index (χ0v) is 9.88. The number of hydrogen-bond donors (Lipinski definition) is 0. The first-order chi connectivity index (χ1) is 6.52. The van der Waals surface area contributed by atoms with Crippen molar-refractivity contribution in [2.24, 2.45) is 5.10 Å². The molecule has 2 atom stereocenters. The van der Waals surface area contributed by atoms with E-state index in [4.69, 9.17) is 0 Å². The van der Waals surface area contributed by atoms with E-state index in [2.05, 4.69) is 30.5 Å². The minimum atomic E-state index is 0.577. The van der Waals surface area contributed by atoms with Gasteiger partial charge in [0.2, 0.25) is 0 Å². The van der Waals surface area contributed by atoms with Crippen LogP contribution in [0.15, 0.2) is 17.3 Å². The second-order valence-corrected chi connectivity index (χ2v) is 4.47. The van der Waals surface area contributed by atoms with Crippen LogP contribution < -0.4 is 0 Å². The molecule has 2 nitrogen and oxygen atoms in total. The van der Waals surface area contributed by atoms with Gasteiger partial charge in [-0.1, -0.05) is 6.58 Å². The van der Waals surface area contributed by atoms with Gasteiger partial charge < -0.3 is 0 Å². The van der Waals surface area contributed by atoms with Crippen LogP contribution in [0.25, 0.3) is 0 Å². The highest BCUT2D eigenvalue weighted by Crippen LogP contribution is 2.22. The Kier molecular flexibility index (Phi) is 3.73. The maximum atomic E-state index is 4.65. The molecule has 2 unspecified atom stereocenters. The van der Waals surface area contributed by atoms with E-state index in [9.17, 15) is 0 Å². The van der Waals surface area contributed by atoms with Crippen LogP contribution in [0.2, 0.25) is 0 Å². The van der Waals surface area contributed by atoms with Gasteiger partial charge in [0.15, 0.2) is 0 Å². The summed E-state index contributed by atoms with van der Waals surface area (Å²) in [6.07, 6.45) is 3.86. The maximum absolute atomic E-state index is 4.65. The Hall–Kier alpha value is -0.790. The van der Waals surface area contributed by atoms with Crippen LogP contribution in [-0.2, 0) is 0 Å². The fourth-order valence-electron chi connectivity index (χ4n) is 1.86. The molecule has 1 fully saturated rings. The van der Waals surface area contributed by atoms with E-state index in [0.717, 1.165) is 11.3 Å². The average molecular weight is 194 g/mol. The van der Waals surface area contributed by atoms with Crippen molar-refractivity contribution in [3.8, 4) is 0 Å². The van der Waals surface area contributed by atoms with Gasteiger partial charge >= 0.3 is 0 Å². The summed E-state index contributed by atoms with van der Waals surface area (Å²) in [4.78, 5) is 0. The lowest BCUT2D eigenvalue weighted by atomic mass is 10.00. The Bertz CT molecular complexity index is 233. The third-order valence-electron chi connectivity index (χ3n) is 3.03. The van der Waals surface area contributed by atoms with E-state index in [1.54, 1.807) is 0 Å². The Morgan fingerprint density at radius 1 is 1.21 bits per heavy atom. The van der Waals surface area contributed by atoms with E-state index < -0.39 is 0 Å². The van der Waals surface area contributed by atoms with E-state index in [1.807, 2.05) is 13.8 Å². The molecule has 0 amide bonds. The summed E-state index contributed by atoms with van der Waals surface area (Å²) in [6, 6.07) is 1.15. The van der Waals surface area contributed by atoms with E-state index in [-0.39, 0.29) is 0 Å². The van der Waals surface area contributed by atoms with E-state index >= 15 is 0 Å². The molecule has 0 bridgehead atoms. The first-order valence-corrected chi connectivity index (χ1v) is 5.51. The summed E-state index contributed by atoms with van der Waals surface area (Å²) in [7, 11) is 0. The first kappa shape index (κ1) is 11.3. The van der Waals surface area contributed by atoms with Crippen molar-refractivity contribution in [1.29, 1.82) is 0 Å². The van der Waals surface area contributed by atoms with Crippen LogP contribution in [0.1, 0.15) is 47.0 Å². The highest BCUT2D eigenvalue weighted by molar-refractivity contribution is 5.96. The molecule has 1 aliphatic heterocycles. The second-order valence-electron chi connectivity index (χ2n) is 4.47. The molecule has 1 saturated heterocycles. The molecule has 0 saturated carbocycles. The molecule has 0 aliphatic carbocycles. The number of allylic oxidation sites excluding steroid dienone is 1. The molecule has 0 radical (unpaired) electrons. The van der Waals surface area contributed by atoms with Gasteiger partial charge in [-0.15, -0.1) is 0 Å². The molecule has 0 N–H and O–H groups in total. The van der Waals surface area contributed by atoms with Crippen molar-refractivity contribution in [3.63, 3.8) is 0 Å². The lowest BCUT2D eigenvalue weighted by Crippen LogP contribution is -2.40.